The van der Waals surface area contributed by atoms with E-state index in [-0.39, 0.29) is 0 Å². The molecule has 1 nitrogen and oxygen atoms in total. The first-order valence-corrected chi connectivity index (χ1v) is 5.00. The van der Waals surface area contributed by atoms with Crippen LogP contribution in [-0.2, 0) is 4.79 Å². The summed E-state index contributed by atoms with van der Waals surface area (Å²) >= 11 is 0. The normalized spacial score (nSPS) is 58.9. The predicted molar refractivity (Wildman–Crippen MR) is 46.6 cm³/mol. The van der Waals surface area contributed by atoms with Crippen LogP contribution < -0.4 is 0 Å². The molecule has 66 valence electrons. The number of carbonyl (C=O) groups is 1. The quantitative estimate of drug-likeness (QED) is 0.536. The second-order valence-electron chi connectivity index (χ2n) is 5.94. The van der Waals surface area contributed by atoms with Crippen LogP contribution in [0, 0.1) is 28.6 Å². The summed E-state index contributed by atoms with van der Waals surface area (Å²) in [4.78, 5) is 11.8. The minimum Gasteiger partial charge on any atom is -0.299 e. The Morgan fingerprint density at radius 2 is 1.92 bits per heavy atom. The van der Waals surface area contributed by atoms with Gasteiger partial charge in [-0.05, 0) is 29.6 Å². The summed E-state index contributed by atoms with van der Waals surface area (Å²) in [6.07, 6.45) is 2.48. The van der Waals surface area contributed by atoms with Crippen molar-refractivity contribution in [2.75, 3.05) is 0 Å². The fraction of sp³-hybridized carbons (Fsp3) is 0.909. The maximum Gasteiger partial charge on any atom is 0.140 e. The van der Waals surface area contributed by atoms with E-state index in [9.17, 15) is 4.79 Å². The summed E-state index contributed by atoms with van der Waals surface area (Å²) in [5.74, 6) is 2.23. The molecular weight excluding hydrogens is 148 g/mol. The average Bonchev–Trinajstić information content (AvgIpc) is 2.38. The van der Waals surface area contributed by atoms with Gasteiger partial charge in [-0.3, -0.25) is 4.79 Å². The molecule has 0 aromatic rings. The highest BCUT2D eigenvalue weighted by Crippen LogP contribution is 2.77. The number of Topliss-reactive ketones (excluding diaryl/α,β-unsaturated/α-hetero) is 1. The Balaban J connectivity index is 2.06. The van der Waals surface area contributed by atoms with Gasteiger partial charge in [0.25, 0.3) is 0 Å². The molecule has 0 amide bonds. The molecule has 0 N–H and O–H groups in total. The van der Waals surface area contributed by atoms with E-state index < -0.39 is 0 Å². The van der Waals surface area contributed by atoms with Gasteiger partial charge < -0.3 is 0 Å². The summed E-state index contributed by atoms with van der Waals surface area (Å²) < 4.78 is 0. The minimum absolute atomic E-state index is 0.314. The maximum absolute atomic E-state index is 11.8. The number of fused-ring (bicyclic) bond motifs is 1. The summed E-state index contributed by atoms with van der Waals surface area (Å²) in [5.41, 5.74) is 0.769. The zero-order valence-corrected chi connectivity index (χ0v) is 8.05. The van der Waals surface area contributed by atoms with Gasteiger partial charge in [-0.1, -0.05) is 20.8 Å². The van der Waals surface area contributed by atoms with Crippen LogP contribution in [0.2, 0.25) is 0 Å². The molecule has 0 heterocycles. The van der Waals surface area contributed by atoms with Gasteiger partial charge >= 0.3 is 0 Å². The Bertz CT molecular complexity index is 279. The van der Waals surface area contributed by atoms with E-state index in [0.29, 0.717) is 28.4 Å². The number of hydrogen-bond acceptors (Lipinski definition) is 1. The van der Waals surface area contributed by atoms with E-state index in [1.807, 2.05) is 0 Å². The largest absolute Gasteiger partial charge is 0.299 e. The summed E-state index contributed by atoms with van der Waals surface area (Å²) in [5, 5.41) is 0. The molecule has 0 saturated heterocycles. The number of hydrogen-bond donors (Lipinski definition) is 0. The lowest BCUT2D eigenvalue weighted by Gasteiger charge is -2.39. The zero-order chi connectivity index (χ0) is 8.72. The van der Waals surface area contributed by atoms with E-state index in [4.69, 9.17) is 0 Å². The molecule has 4 unspecified atom stereocenters. The topological polar surface area (TPSA) is 17.1 Å². The summed E-state index contributed by atoms with van der Waals surface area (Å²) in [6, 6.07) is 0. The number of ketones is 1. The number of rotatable bonds is 0. The third-order valence-electron chi connectivity index (χ3n) is 4.83. The van der Waals surface area contributed by atoms with E-state index in [1.54, 1.807) is 0 Å². The van der Waals surface area contributed by atoms with Gasteiger partial charge in [0.2, 0.25) is 0 Å². The fourth-order valence-corrected chi connectivity index (χ4v) is 3.94. The van der Waals surface area contributed by atoms with E-state index >= 15 is 0 Å². The van der Waals surface area contributed by atoms with Crippen LogP contribution in [0.1, 0.15) is 33.6 Å². The molecule has 0 radical (unpaired) electrons. The van der Waals surface area contributed by atoms with Crippen molar-refractivity contribution in [3.63, 3.8) is 0 Å². The SMILES string of the molecule is CC1(C)CC2C3C(=O)C1CC23C. The third-order valence-corrected chi connectivity index (χ3v) is 4.83. The van der Waals surface area contributed by atoms with Crippen LogP contribution in [0.25, 0.3) is 0 Å². The molecular formula is C11H16O. The average molecular weight is 164 g/mol. The molecule has 0 aliphatic heterocycles. The van der Waals surface area contributed by atoms with Gasteiger partial charge in [-0.15, -0.1) is 0 Å². The predicted octanol–water partition coefficient (Wildman–Crippen LogP) is 2.26. The highest BCUT2D eigenvalue weighted by atomic mass is 16.1. The first kappa shape index (κ1) is 7.11. The molecule has 12 heavy (non-hydrogen) atoms. The molecule has 4 rings (SSSR count). The van der Waals surface area contributed by atoms with Gasteiger partial charge in [0.1, 0.15) is 5.78 Å². The molecule has 4 bridgehead atoms. The van der Waals surface area contributed by atoms with Crippen molar-refractivity contribution in [3.8, 4) is 0 Å². The van der Waals surface area contributed by atoms with Crippen LogP contribution in [0.5, 0.6) is 0 Å². The lowest BCUT2D eigenvalue weighted by atomic mass is 9.64. The van der Waals surface area contributed by atoms with Crippen LogP contribution in [0.15, 0.2) is 0 Å². The Morgan fingerprint density at radius 3 is 2.25 bits per heavy atom. The van der Waals surface area contributed by atoms with Gasteiger partial charge in [0.15, 0.2) is 0 Å². The van der Waals surface area contributed by atoms with Crippen molar-refractivity contribution in [3.05, 3.63) is 0 Å². The molecule has 4 saturated carbocycles. The smallest absolute Gasteiger partial charge is 0.140 e. The van der Waals surface area contributed by atoms with Crippen molar-refractivity contribution in [1.82, 2.24) is 0 Å². The van der Waals surface area contributed by atoms with Crippen LogP contribution >= 0.6 is 0 Å². The van der Waals surface area contributed by atoms with Gasteiger partial charge in [-0.2, -0.15) is 0 Å². The highest BCUT2D eigenvalue weighted by Gasteiger charge is 2.76. The first-order chi connectivity index (χ1) is 5.47. The fourth-order valence-electron chi connectivity index (χ4n) is 3.94. The van der Waals surface area contributed by atoms with Gasteiger partial charge in [0.05, 0.1) is 0 Å². The molecule has 0 spiro atoms. The van der Waals surface area contributed by atoms with Crippen LogP contribution in [-0.4, -0.2) is 5.78 Å². The highest BCUT2D eigenvalue weighted by molar-refractivity contribution is 5.92. The van der Waals surface area contributed by atoms with Crippen LogP contribution in [0.4, 0.5) is 0 Å². The Labute approximate surface area is 73.5 Å². The Hall–Kier alpha value is -0.330. The Morgan fingerprint density at radius 1 is 1.25 bits per heavy atom. The second-order valence-corrected chi connectivity index (χ2v) is 5.94. The molecule has 4 aliphatic carbocycles. The van der Waals surface area contributed by atoms with Gasteiger partial charge in [-0.25, -0.2) is 0 Å². The molecule has 4 aliphatic rings. The molecule has 4 atom stereocenters. The van der Waals surface area contributed by atoms with E-state index in [1.165, 1.54) is 12.8 Å². The van der Waals surface area contributed by atoms with Crippen molar-refractivity contribution in [1.29, 1.82) is 0 Å². The Kier molecular flexibility index (Phi) is 0.897. The molecule has 4 fully saturated rings. The standard InChI is InChI=1S/C11H16O/c1-10(2)4-6-8-9(12)7(10)5-11(6,8)3/h6-8H,4-5H2,1-3H3. The van der Waals surface area contributed by atoms with E-state index in [0.717, 1.165) is 5.92 Å². The van der Waals surface area contributed by atoms with Crippen molar-refractivity contribution in [2.45, 2.75) is 33.6 Å². The zero-order valence-electron chi connectivity index (χ0n) is 8.05. The molecule has 0 aromatic heterocycles. The van der Waals surface area contributed by atoms with Crippen LogP contribution in [0.3, 0.4) is 0 Å². The first-order valence-electron chi connectivity index (χ1n) is 5.00. The number of carbonyl (C=O) groups excluding carboxylic acids is 1. The second kappa shape index (κ2) is 1.51. The monoisotopic (exact) mass is 164 g/mol. The van der Waals surface area contributed by atoms with Crippen molar-refractivity contribution < 1.29 is 4.79 Å². The lowest BCUT2D eigenvalue weighted by molar-refractivity contribution is -0.129. The summed E-state index contributed by atoms with van der Waals surface area (Å²) in [6.45, 7) is 6.85. The molecule has 0 aromatic carbocycles. The van der Waals surface area contributed by atoms with Gasteiger partial charge in [0, 0.05) is 11.8 Å². The van der Waals surface area contributed by atoms with E-state index in [2.05, 4.69) is 20.8 Å². The minimum atomic E-state index is 0.314. The maximum atomic E-state index is 11.8. The van der Waals surface area contributed by atoms with Crippen molar-refractivity contribution >= 4 is 5.78 Å². The van der Waals surface area contributed by atoms with Crippen molar-refractivity contribution in [2.24, 2.45) is 28.6 Å². The molecule has 1 heteroatoms. The third kappa shape index (κ3) is 0.512. The lowest BCUT2D eigenvalue weighted by Crippen LogP contribution is -2.37. The summed E-state index contributed by atoms with van der Waals surface area (Å²) in [7, 11) is 0.